The average Bonchev–Trinajstić information content (AvgIpc) is 3.63. The first kappa shape index (κ1) is 34.6. The van der Waals surface area contributed by atoms with Crippen LogP contribution in [-0.2, 0) is 5.41 Å². The van der Waals surface area contributed by atoms with Crippen molar-refractivity contribution in [2.45, 2.75) is 15.2 Å². The number of hydrogen-bond donors (Lipinski definition) is 0. The van der Waals surface area contributed by atoms with E-state index in [4.69, 9.17) is 19.9 Å². The lowest BCUT2D eigenvalue weighted by molar-refractivity contribution is 0.722. The van der Waals surface area contributed by atoms with Gasteiger partial charge >= 0.3 is 0 Å². The summed E-state index contributed by atoms with van der Waals surface area (Å²) in [6, 6.07) is 71.5. The summed E-state index contributed by atoms with van der Waals surface area (Å²) in [6.45, 7) is 0. The van der Waals surface area contributed by atoms with Crippen LogP contribution in [0.4, 0.5) is 0 Å². The first-order valence-corrected chi connectivity index (χ1v) is 21.0. The zero-order valence-electron chi connectivity index (χ0n) is 32.3. The van der Waals surface area contributed by atoms with E-state index in [1.807, 2.05) is 84.7 Å². The van der Waals surface area contributed by atoms with Crippen LogP contribution in [0.25, 0.3) is 78.4 Å². The van der Waals surface area contributed by atoms with Gasteiger partial charge in [0.15, 0.2) is 17.5 Å². The summed E-state index contributed by atoms with van der Waals surface area (Å²) in [5, 5.41) is 1.12. The van der Waals surface area contributed by atoms with Gasteiger partial charge in [-0.05, 0) is 74.3 Å². The van der Waals surface area contributed by atoms with Gasteiger partial charge in [-0.3, -0.25) is 4.98 Å². The number of benzene rings is 8. The fourth-order valence-electron chi connectivity index (χ4n) is 9.54. The Balaban J connectivity index is 1.14. The van der Waals surface area contributed by atoms with E-state index in [9.17, 15) is 0 Å². The van der Waals surface area contributed by atoms with Crippen LogP contribution in [0.1, 0.15) is 22.3 Å². The first-order chi connectivity index (χ1) is 29.8. The molecule has 1 aliphatic heterocycles. The van der Waals surface area contributed by atoms with Gasteiger partial charge in [0.1, 0.15) is 0 Å². The van der Waals surface area contributed by atoms with Crippen molar-refractivity contribution in [3.63, 3.8) is 0 Å². The Bertz CT molecular complexity index is 3200. The minimum absolute atomic E-state index is 0.547. The molecule has 1 aliphatic carbocycles. The third kappa shape index (κ3) is 5.26. The zero-order chi connectivity index (χ0) is 39.6. The van der Waals surface area contributed by atoms with E-state index in [0.717, 1.165) is 44.3 Å². The van der Waals surface area contributed by atoms with E-state index < -0.39 is 5.41 Å². The molecule has 1 spiro atoms. The molecule has 0 amide bonds. The van der Waals surface area contributed by atoms with E-state index >= 15 is 0 Å². The van der Waals surface area contributed by atoms with E-state index in [1.165, 1.54) is 48.7 Å². The van der Waals surface area contributed by atoms with Crippen LogP contribution in [0.15, 0.2) is 216 Å². The quantitative estimate of drug-likeness (QED) is 0.174. The van der Waals surface area contributed by atoms with Crippen LogP contribution in [0.5, 0.6) is 0 Å². The molecule has 5 heteroatoms. The summed E-state index contributed by atoms with van der Waals surface area (Å²) >= 11 is 1.87. The zero-order valence-corrected chi connectivity index (χ0v) is 33.1. The molecule has 0 saturated carbocycles. The molecule has 0 saturated heterocycles. The molecule has 0 atom stereocenters. The Labute approximate surface area is 352 Å². The molecule has 2 aromatic heterocycles. The molecule has 12 rings (SSSR count). The van der Waals surface area contributed by atoms with Gasteiger partial charge in [-0.25, -0.2) is 15.0 Å². The van der Waals surface area contributed by atoms with Crippen molar-refractivity contribution in [2.24, 2.45) is 0 Å². The summed E-state index contributed by atoms with van der Waals surface area (Å²) < 4.78 is 0. The molecule has 280 valence electrons. The Hall–Kier alpha value is -7.47. The normalized spacial score (nSPS) is 13.1. The molecular weight excluding hydrogens is 749 g/mol. The molecule has 0 radical (unpaired) electrons. The highest BCUT2D eigenvalue weighted by Gasteiger charge is 2.51. The van der Waals surface area contributed by atoms with Crippen LogP contribution >= 0.6 is 11.8 Å². The number of nitrogens with zero attached hydrogens (tertiary/aromatic N) is 4. The highest BCUT2D eigenvalue weighted by atomic mass is 32.2. The SMILES string of the molecule is c1ccc(-c2nc(-c3ccccc3)nc(-c3cccc(-c4cccc5c4-c4c(-c6cccc7cccnc67)cccc4C54c5ccccc5Sc5ccccc54)c3)n2)cc1. The summed E-state index contributed by atoms with van der Waals surface area (Å²) in [5.74, 6) is 1.91. The Morgan fingerprint density at radius 2 is 0.817 bits per heavy atom. The van der Waals surface area contributed by atoms with Gasteiger partial charge in [0.25, 0.3) is 0 Å². The van der Waals surface area contributed by atoms with Crippen LogP contribution in [0.2, 0.25) is 0 Å². The van der Waals surface area contributed by atoms with Gasteiger partial charge in [0.05, 0.1) is 10.9 Å². The average molecular weight is 783 g/mol. The molecule has 10 aromatic rings. The summed E-state index contributed by atoms with van der Waals surface area (Å²) in [5.41, 5.74) is 15.4. The first-order valence-electron chi connectivity index (χ1n) is 20.2. The second-order valence-electron chi connectivity index (χ2n) is 15.3. The van der Waals surface area contributed by atoms with Crippen molar-refractivity contribution in [1.29, 1.82) is 0 Å². The van der Waals surface area contributed by atoms with E-state index in [-0.39, 0.29) is 0 Å². The van der Waals surface area contributed by atoms with E-state index in [2.05, 4.69) is 133 Å². The molecule has 0 fully saturated rings. The smallest absolute Gasteiger partial charge is 0.164 e. The number of hydrogen-bond acceptors (Lipinski definition) is 5. The number of pyridine rings is 1. The predicted octanol–water partition coefficient (Wildman–Crippen LogP) is 13.6. The molecule has 3 heterocycles. The Morgan fingerprint density at radius 1 is 0.350 bits per heavy atom. The second kappa shape index (κ2) is 13.8. The highest BCUT2D eigenvalue weighted by molar-refractivity contribution is 7.99. The van der Waals surface area contributed by atoms with Crippen molar-refractivity contribution >= 4 is 22.7 Å². The van der Waals surface area contributed by atoms with Crippen molar-refractivity contribution in [1.82, 2.24) is 19.9 Å². The van der Waals surface area contributed by atoms with Gasteiger partial charge in [-0.15, -0.1) is 0 Å². The van der Waals surface area contributed by atoms with Crippen LogP contribution in [0.3, 0.4) is 0 Å². The number of fused-ring (bicyclic) bond motifs is 10. The monoisotopic (exact) mass is 782 g/mol. The molecular formula is C55H34N4S. The van der Waals surface area contributed by atoms with Gasteiger partial charge in [0, 0.05) is 43.6 Å². The lowest BCUT2D eigenvalue weighted by Crippen LogP contribution is -2.31. The van der Waals surface area contributed by atoms with Gasteiger partial charge in [0.2, 0.25) is 0 Å². The Kier molecular flexibility index (Phi) is 7.97. The molecule has 0 bridgehead atoms. The van der Waals surface area contributed by atoms with Crippen LogP contribution in [-0.4, -0.2) is 19.9 Å². The summed E-state index contributed by atoms with van der Waals surface area (Å²) in [4.78, 5) is 22.7. The minimum Gasteiger partial charge on any atom is -0.256 e. The maximum atomic E-state index is 5.11. The molecule has 4 nitrogen and oxygen atoms in total. The fraction of sp³-hybridized carbons (Fsp3) is 0.0182. The third-order valence-electron chi connectivity index (χ3n) is 12.0. The van der Waals surface area contributed by atoms with Crippen molar-refractivity contribution in [3.8, 4) is 67.5 Å². The molecule has 0 unspecified atom stereocenters. The maximum Gasteiger partial charge on any atom is 0.164 e. The van der Waals surface area contributed by atoms with Crippen LogP contribution in [0, 0.1) is 0 Å². The largest absolute Gasteiger partial charge is 0.256 e. The summed E-state index contributed by atoms with van der Waals surface area (Å²) in [7, 11) is 0. The molecule has 0 N–H and O–H groups in total. The summed E-state index contributed by atoms with van der Waals surface area (Å²) in [6.07, 6.45) is 1.90. The van der Waals surface area contributed by atoms with Crippen molar-refractivity contribution in [2.75, 3.05) is 0 Å². The molecule has 60 heavy (non-hydrogen) atoms. The van der Waals surface area contributed by atoms with E-state index in [1.54, 1.807) is 0 Å². The van der Waals surface area contributed by atoms with Crippen LogP contribution < -0.4 is 0 Å². The second-order valence-corrected chi connectivity index (χ2v) is 16.4. The molecule has 8 aromatic carbocycles. The predicted molar refractivity (Wildman–Crippen MR) is 244 cm³/mol. The maximum absolute atomic E-state index is 5.11. The number of aromatic nitrogens is 4. The van der Waals surface area contributed by atoms with Gasteiger partial charge in [-0.2, -0.15) is 0 Å². The highest BCUT2D eigenvalue weighted by Crippen LogP contribution is 2.65. The van der Waals surface area contributed by atoms with E-state index in [0.29, 0.717) is 17.5 Å². The number of rotatable bonds is 5. The lowest BCUT2D eigenvalue weighted by Gasteiger charge is -2.39. The standard InChI is InChI=1S/C55H34N4S/c1-3-16-36(17-4-1)52-57-53(37-18-5-2-6-19-37)59-54(58-52)39-22-11-21-38(34-39)40-24-13-29-45-49(40)50-41(42-26-12-20-35-23-15-33-56-51(35)42)25-14-30-46(50)55(45)43-27-7-9-31-47(43)60-48-32-10-8-28-44(48)55/h1-34H. The minimum atomic E-state index is -0.547. The van der Waals surface area contributed by atoms with Crippen molar-refractivity contribution in [3.05, 3.63) is 229 Å². The fourth-order valence-corrected chi connectivity index (χ4v) is 10.7. The van der Waals surface area contributed by atoms with Gasteiger partial charge in [-0.1, -0.05) is 188 Å². The molecule has 2 aliphatic rings. The Morgan fingerprint density at radius 3 is 1.48 bits per heavy atom. The number of para-hydroxylation sites is 1. The van der Waals surface area contributed by atoms with Crippen molar-refractivity contribution < 1.29 is 0 Å². The topological polar surface area (TPSA) is 51.6 Å². The van der Waals surface area contributed by atoms with Gasteiger partial charge < -0.3 is 0 Å². The lowest BCUT2D eigenvalue weighted by atomic mass is 9.67. The third-order valence-corrected chi connectivity index (χ3v) is 13.2.